The Labute approximate surface area is 197 Å². The van der Waals surface area contributed by atoms with Gasteiger partial charge in [0.05, 0.1) is 26.8 Å². The lowest BCUT2D eigenvalue weighted by Crippen LogP contribution is -2.31. The van der Waals surface area contributed by atoms with Gasteiger partial charge in [0, 0.05) is 11.3 Å². The van der Waals surface area contributed by atoms with E-state index in [1.807, 2.05) is 0 Å². The number of amides is 1. The molecule has 0 radical (unpaired) electrons. The van der Waals surface area contributed by atoms with E-state index in [2.05, 4.69) is 0 Å². The van der Waals surface area contributed by atoms with Crippen LogP contribution in [0.4, 0.5) is 15.8 Å². The molecular weight excluding hydrogens is 478 g/mol. The summed E-state index contributed by atoms with van der Waals surface area (Å²) in [5, 5.41) is 0.157. The van der Waals surface area contributed by atoms with Crippen LogP contribution in [0.1, 0.15) is 22.0 Å². The Morgan fingerprint density at radius 2 is 1.62 bits per heavy atom. The molecule has 0 saturated carbocycles. The molecule has 3 aromatic rings. The third-order valence-electron chi connectivity index (χ3n) is 5.24. The molecule has 0 aromatic heterocycles. The van der Waals surface area contributed by atoms with Gasteiger partial charge in [-0.3, -0.25) is 19.3 Å². The maximum Gasteiger partial charge on any atom is 0.295 e. The number of rotatable bonds is 4. The molecule has 0 aliphatic carbocycles. The third-order valence-corrected chi connectivity index (χ3v) is 6.27. The van der Waals surface area contributed by atoms with Gasteiger partial charge in [-0.25, -0.2) is 4.39 Å². The van der Waals surface area contributed by atoms with Gasteiger partial charge >= 0.3 is 0 Å². The molecule has 9 heteroatoms. The van der Waals surface area contributed by atoms with Crippen molar-refractivity contribution in [1.82, 2.24) is 0 Å². The molecule has 1 amide bonds. The highest BCUT2D eigenvalue weighted by molar-refractivity contribution is 6.49. The maximum absolute atomic E-state index is 14.9. The number of hydrogen-bond donors (Lipinski definition) is 1. The number of benzene rings is 3. The molecule has 0 bridgehead atoms. The average Bonchev–Trinajstić information content (AvgIpc) is 3.02. The summed E-state index contributed by atoms with van der Waals surface area (Å²) in [6.07, 6.45) is 0. The second-order valence-corrected chi connectivity index (χ2v) is 8.42. The summed E-state index contributed by atoms with van der Waals surface area (Å²) >= 11 is 18.1. The summed E-state index contributed by atoms with van der Waals surface area (Å²) in [7, 11) is 0. The van der Waals surface area contributed by atoms with Crippen molar-refractivity contribution in [3.05, 3.63) is 92.7 Å². The first kappa shape index (κ1) is 22.3. The molecule has 32 heavy (non-hydrogen) atoms. The highest BCUT2D eigenvalue weighted by atomic mass is 35.5. The lowest BCUT2D eigenvalue weighted by atomic mass is 9.86. The van der Waals surface area contributed by atoms with Crippen LogP contribution in [0, 0.1) is 11.7 Å². The average molecular weight is 492 g/mol. The molecule has 2 N–H and O–H groups in total. The van der Waals surface area contributed by atoms with Crippen molar-refractivity contribution in [3.63, 3.8) is 0 Å². The molecule has 1 saturated heterocycles. The van der Waals surface area contributed by atoms with Crippen LogP contribution in [0.15, 0.2) is 60.7 Å². The molecule has 4 rings (SSSR count). The van der Waals surface area contributed by atoms with Crippen LogP contribution in [0.5, 0.6) is 0 Å². The predicted octanol–water partition coefficient (Wildman–Crippen LogP) is 5.52. The Morgan fingerprint density at radius 1 is 0.906 bits per heavy atom. The second kappa shape index (κ2) is 8.54. The summed E-state index contributed by atoms with van der Waals surface area (Å²) in [4.78, 5) is 40.4. The van der Waals surface area contributed by atoms with E-state index in [4.69, 9.17) is 40.5 Å². The van der Waals surface area contributed by atoms with E-state index in [9.17, 15) is 18.8 Å². The standard InChI is InChI=1S/C23H14Cl3FN2O3/c24-14-8-7-11(10-16(14)26)20-18(21(30)12-3-1-4-13(28)9-12)22(31)23(32)29(20)17-6-2-5-15(25)19(17)27/h1-10,18,20H,28H2. The van der Waals surface area contributed by atoms with Gasteiger partial charge in [0.1, 0.15) is 5.92 Å². The Kier molecular flexibility index (Phi) is 5.95. The second-order valence-electron chi connectivity index (χ2n) is 7.20. The van der Waals surface area contributed by atoms with Gasteiger partial charge in [0.25, 0.3) is 5.91 Å². The number of nitrogens with two attached hydrogens (primary N) is 1. The summed E-state index contributed by atoms with van der Waals surface area (Å²) < 4.78 is 14.9. The van der Waals surface area contributed by atoms with Crippen molar-refractivity contribution >= 4 is 63.7 Å². The van der Waals surface area contributed by atoms with E-state index in [0.717, 1.165) is 4.90 Å². The normalized spacial score (nSPS) is 18.3. The summed E-state index contributed by atoms with van der Waals surface area (Å²) in [6.45, 7) is 0. The van der Waals surface area contributed by atoms with Crippen LogP contribution in [-0.4, -0.2) is 17.5 Å². The molecular formula is C23H14Cl3FN2O3. The quantitative estimate of drug-likeness (QED) is 0.225. The molecule has 5 nitrogen and oxygen atoms in total. The zero-order valence-corrected chi connectivity index (χ0v) is 18.5. The number of nitrogens with zero attached hydrogens (tertiary/aromatic N) is 1. The minimum atomic E-state index is -1.46. The fourth-order valence-corrected chi connectivity index (χ4v) is 4.26. The summed E-state index contributed by atoms with van der Waals surface area (Å²) in [6, 6.07) is 13.4. The summed E-state index contributed by atoms with van der Waals surface area (Å²) in [5.74, 6) is -4.99. The van der Waals surface area contributed by atoms with Crippen LogP contribution in [0.3, 0.4) is 0 Å². The summed E-state index contributed by atoms with van der Waals surface area (Å²) in [5.41, 5.74) is 6.35. The molecule has 1 aliphatic rings. The van der Waals surface area contributed by atoms with Gasteiger partial charge in [0.15, 0.2) is 11.6 Å². The minimum absolute atomic E-state index is 0.148. The maximum atomic E-state index is 14.9. The lowest BCUT2D eigenvalue weighted by Gasteiger charge is -2.28. The number of carbonyl (C=O) groups is 3. The Hall–Kier alpha value is -2.93. The van der Waals surface area contributed by atoms with Crippen molar-refractivity contribution in [1.29, 1.82) is 0 Å². The first-order valence-electron chi connectivity index (χ1n) is 9.37. The Bertz CT molecular complexity index is 1280. The van der Waals surface area contributed by atoms with E-state index < -0.39 is 35.3 Å². The first-order valence-corrected chi connectivity index (χ1v) is 10.5. The fourth-order valence-electron chi connectivity index (χ4n) is 3.78. The Balaban J connectivity index is 1.92. The number of nitrogen functional groups attached to an aromatic ring is 1. The molecule has 1 aliphatic heterocycles. The number of anilines is 2. The van der Waals surface area contributed by atoms with Crippen LogP contribution in [0.2, 0.25) is 15.1 Å². The largest absolute Gasteiger partial charge is 0.399 e. The van der Waals surface area contributed by atoms with Crippen molar-refractivity contribution in [2.24, 2.45) is 5.92 Å². The van der Waals surface area contributed by atoms with E-state index in [1.165, 1.54) is 48.5 Å². The van der Waals surface area contributed by atoms with Gasteiger partial charge in [0.2, 0.25) is 5.78 Å². The molecule has 2 atom stereocenters. The van der Waals surface area contributed by atoms with Gasteiger partial charge in [-0.2, -0.15) is 0 Å². The number of halogens is 4. The third kappa shape index (κ3) is 3.75. The lowest BCUT2D eigenvalue weighted by molar-refractivity contribution is -0.135. The number of hydrogen-bond acceptors (Lipinski definition) is 4. The molecule has 3 aromatic carbocycles. The van der Waals surface area contributed by atoms with E-state index in [1.54, 1.807) is 12.1 Å². The molecule has 1 fully saturated rings. The van der Waals surface area contributed by atoms with Crippen molar-refractivity contribution in [2.45, 2.75) is 6.04 Å². The van der Waals surface area contributed by atoms with Gasteiger partial charge in [-0.1, -0.05) is 59.1 Å². The zero-order valence-electron chi connectivity index (χ0n) is 16.2. The van der Waals surface area contributed by atoms with Crippen molar-refractivity contribution < 1.29 is 18.8 Å². The molecule has 2 unspecified atom stereocenters. The monoisotopic (exact) mass is 490 g/mol. The van der Waals surface area contributed by atoms with Crippen LogP contribution < -0.4 is 10.6 Å². The van der Waals surface area contributed by atoms with Crippen LogP contribution in [-0.2, 0) is 9.59 Å². The van der Waals surface area contributed by atoms with E-state index in [-0.39, 0.29) is 26.3 Å². The van der Waals surface area contributed by atoms with E-state index in [0.29, 0.717) is 11.3 Å². The molecule has 0 spiro atoms. The highest BCUT2D eigenvalue weighted by Gasteiger charge is 2.53. The molecule has 162 valence electrons. The fraction of sp³-hybridized carbons (Fsp3) is 0.0870. The van der Waals surface area contributed by atoms with Gasteiger partial charge < -0.3 is 5.73 Å². The zero-order chi connectivity index (χ0) is 23.2. The number of carbonyl (C=O) groups excluding carboxylic acids is 3. The minimum Gasteiger partial charge on any atom is -0.399 e. The Morgan fingerprint density at radius 3 is 2.31 bits per heavy atom. The first-order chi connectivity index (χ1) is 15.2. The topological polar surface area (TPSA) is 80.5 Å². The highest BCUT2D eigenvalue weighted by Crippen LogP contribution is 2.44. The number of Topliss-reactive ketones (excluding diaryl/α,β-unsaturated/α-hetero) is 2. The van der Waals surface area contributed by atoms with Gasteiger partial charge in [-0.15, -0.1) is 0 Å². The van der Waals surface area contributed by atoms with E-state index >= 15 is 0 Å². The van der Waals surface area contributed by atoms with Gasteiger partial charge in [-0.05, 0) is 42.0 Å². The number of ketones is 2. The smallest absolute Gasteiger partial charge is 0.295 e. The molecule has 1 heterocycles. The van der Waals surface area contributed by atoms with Crippen molar-refractivity contribution in [3.8, 4) is 0 Å². The SMILES string of the molecule is Nc1cccc(C(=O)C2C(=O)C(=O)N(c3cccc(Cl)c3F)C2c2ccc(Cl)c(Cl)c2)c1. The van der Waals surface area contributed by atoms with Crippen LogP contribution in [0.25, 0.3) is 0 Å². The van der Waals surface area contributed by atoms with Crippen molar-refractivity contribution in [2.75, 3.05) is 10.6 Å². The predicted molar refractivity (Wildman–Crippen MR) is 122 cm³/mol. The van der Waals surface area contributed by atoms with Crippen LogP contribution >= 0.6 is 34.8 Å².